The summed E-state index contributed by atoms with van der Waals surface area (Å²) in [5.74, 6) is -2.89. The van der Waals surface area contributed by atoms with Crippen LogP contribution in [0.3, 0.4) is 0 Å². The minimum Gasteiger partial charge on any atom is -0.426 e. The molecule has 1 aliphatic carbocycles. The van der Waals surface area contributed by atoms with Gasteiger partial charge in [-0.1, -0.05) is 37.5 Å². The van der Waals surface area contributed by atoms with Gasteiger partial charge < -0.3 is 10.1 Å². The first-order chi connectivity index (χ1) is 11.0. The van der Waals surface area contributed by atoms with Crippen molar-refractivity contribution in [3.8, 4) is 0 Å². The van der Waals surface area contributed by atoms with Gasteiger partial charge in [0.05, 0.1) is 12.0 Å². The Balaban J connectivity index is 1.58. The van der Waals surface area contributed by atoms with E-state index in [1.807, 2.05) is 0 Å². The number of ether oxygens (including phenoxy) is 1. The first kappa shape index (κ1) is 16.0. The fourth-order valence-electron chi connectivity index (χ4n) is 3.56. The predicted octanol–water partition coefficient (Wildman–Crippen LogP) is 3.37. The third kappa shape index (κ3) is 3.38. The van der Waals surface area contributed by atoms with Crippen LogP contribution in [0.15, 0.2) is 30.3 Å². The Morgan fingerprint density at radius 1 is 1.09 bits per heavy atom. The van der Waals surface area contributed by atoms with Gasteiger partial charge in [0.25, 0.3) is 11.8 Å². The van der Waals surface area contributed by atoms with E-state index in [2.05, 4.69) is 5.32 Å². The van der Waals surface area contributed by atoms with E-state index in [-0.39, 0.29) is 18.9 Å². The Bertz CT molecular complexity index is 583. The lowest BCUT2D eigenvalue weighted by Gasteiger charge is -2.43. The number of halogens is 1. The molecular weight excluding hydrogens is 297 g/mol. The molecule has 5 heteroatoms. The molecule has 0 bridgehead atoms. The van der Waals surface area contributed by atoms with Crippen LogP contribution in [0, 0.1) is 5.41 Å². The van der Waals surface area contributed by atoms with Gasteiger partial charge in [0.15, 0.2) is 0 Å². The van der Waals surface area contributed by atoms with E-state index >= 15 is 0 Å². The van der Waals surface area contributed by atoms with Crippen molar-refractivity contribution in [2.45, 2.75) is 50.8 Å². The molecule has 1 aromatic carbocycles. The molecule has 3 rings (SSSR count). The number of hydrogen-bond donors (Lipinski definition) is 1. The molecule has 2 aliphatic rings. The van der Waals surface area contributed by atoms with Crippen LogP contribution < -0.4 is 5.32 Å². The highest BCUT2D eigenvalue weighted by molar-refractivity contribution is 5.94. The van der Waals surface area contributed by atoms with Gasteiger partial charge in [0.2, 0.25) is 0 Å². The zero-order chi connectivity index (χ0) is 16.3. The van der Waals surface area contributed by atoms with Gasteiger partial charge in [-0.15, -0.1) is 0 Å². The van der Waals surface area contributed by atoms with E-state index in [0.717, 1.165) is 32.1 Å². The Morgan fingerprint density at radius 3 is 2.43 bits per heavy atom. The zero-order valence-corrected chi connectivity index (χ0v) is 13.1. The topological polar surface area (TPSA) is 55.4 Å². The Kier molecular flexibility index (Phi) is 4.37. The van der Waals surface area contributed by atoms with Gasteiger partial charge in [-0.25, -0.2) is 0 Å². The van der Waals surface area contributed by atoms with Crippen LogP contribution in [0.5, 0.6) is 0 Å². The summed E-state index contributed by atoms with van der Waals surface area (Å²) in [6.07, 6.45) is 5.36. The molecule has 4 nitrogen and oxygen atoms in total. The fraction of sp³-hybridized carbons (Fsp3) is 0.556. The number of cyclic esters (lactones) is 1. The Hall–Kier alpha value is -1.91. The highest BCUT2D eigenvalue weighted by Gasteiger charge is 2.51. The van der Waals surface area contributed by atoms with Crippen LogP contribution in [-0.2, 0) is 9.53 Å². The second kappa shape index (κ2) is 6.30. The van der Waals surface area contributed by atoms with Crippen molar-refractivity contribution in [1.82, 2.24) is 5.32 Å². The van der Waals surface area contributed by atoms with E-state index in [9.17, 15) is 14.0 Å². The molecule has 1 heterocycles. The van der Waals surface area contributed by atoms with Crippen molar-refractivity contribution in [3.63, 3.8) is 0 Å². The third-order valence-electron chi connectivity index (χ3n) is 5.05. The average molecular weight is 319 g/mol. The summed E-state index contributed by atoms with van der Waals surface area (Å²) in [6.45, 7) is -0.303. The first-order valence-electron chi connectivity index (χ1n) is 8.29. The predicted molar refractivity (Wildman–Crippen MR) is 83.5 cm³/mol. The van der Waals surface area contributed by atoms with Crippen molar-refractivity contribution in [2.24, 2.45) is 5.41 Å². The molecule has 0 radical (unpaired) electrons. The molecule has 1 N–H and O–H groups in total. The highest BCUT2D eigenvalue weighted by atomic mass is 19.2. The SMILES string of the molecule is O=C(NCC1(F)CCC2(CCCCC2)C(=O)O1)c1ccccc1. The lowest BCUT2D eigenvalue weighted by molar-refractivity contribution is -0.214. The van der Waals surface area contributed by atoms with Crippen LogP contribution in [-0.4, -0.2) is 24.3 Å². The maximum absolute atomic E-state index is 14.8. The maximum Gasteiger partial charge on any atom is 0.314 e. The standard InChI is InChI=1S/C18H22FNO3/c19-18(13-20-15(21)14-7-3-1-4-8-14)12-11-17(16(22)23-18)9-5-2-6-10-17/h1,3-4,7-8H,2,5-6,9-13H2,(H,20,21). The largest absolute Gasteiger partial charge is 0.426 e. The van der Waals surface area contributed by atoms with E-state index in [0.29, 0.717) is 12.0 Å². The third-order valence-corrected chi connectivity index (χ3v) is 5.05. The number of nitrogens with one attached hydrogen (secondary N) is 1. The fourth-order valence-corrected chi connectivity index (χ4v) is 3.56. The monoisotopic (exact) mass is 319 g/mol. The van der Waals surface area contributed by atoms with Gasteiger partial charge in [0.1, 0.15) is 0 Å². The van der Waals surface area contributed by atoms with E-state index < -0.39 is 17.2 Å². The molecule has 1 unspecified atom stereocenters. The molecule has 1 saturated heterocycles. The summed E-state index contributed by atoms with van der Waals surface area (Å²) in [4.78, 5) is 24.3. The van der Waals surface area contributed by atoms with Crippen molar-refractivity contribution >= 4 is 11.9 Å². The minimum atomic E-state index is -2.09. The molecule has 0 aromatic heterocycles. The maximum atomic E-state index is 14.8. The summed E-state index contributed by atoms with van der Waals surface area (Å²) in [5.41, 5.74) is -0.0286. The molecule has 23 heavy (non-hydrogen) atoms. The lowest BCUT2D eigenvalue weighted by atomic mass is 9.69. The number of benzene rings is 1. The van der Waals surface area contributed by atoms with Gasteiger partial charge >= 0.3 is 5.97 Å². The van der Waals surface area contributed by atoms with Crippen LogP contribution in [0.1, 0.15) is 55.3 Å². The van der Waals surface area contributed by atoms with Gasteiger partial charge in [0, 0.05) is 12.0 Å². The second-order valence-electron chi connectivity index (χ2n) is 6.66. The van der Waals surface area contributed by atoms with Crippen molar-refractivity contribution in [2.75, 3.05) is 6.54 Å². The van der Waals surface area contributed by atoms with Gasteiger partial charge in [-0.2, -0.15) is 4.39 Å². The number of amides is 1. The quantitative estimate of drug-likeness (QED) is 0.869. The number of carbonyl (C=O) groups is 2. The second-order valence-corrected chi connectivity index (χ2v) is 6.66. The van der Waals surface area contributed by atoms with Crippen LogP contribution >= 0.6 is 0 Å². The highest BCUT2D eigenvalue weighted by Crippen LogP contribution is 2.47. The summed E-state index contributed by atoms with van der Waals surface area (Å²) < 4.78 is 19.9. The molecule has 1 aromatic rings. The number of hydrogen-bond acceptors (Lipinski definition) is 3. The number of alkyl halides is 1. The Labute approximate surface area is 135 Å². The summed E-state index contributed by atoms with van der Waals surface area (Å²) in [5, 5.41) is 2.53. The summed E-state index contributed by atoms with van der Waals surface area (Å²) >= 11 is 0. The first-order valence-corrected chi connectivity index (χ1v) is 8.29. The molecule has 2 fully saturated rings. The van der Waals surface area contributed by atoms with Crippen LogP contribution in [0.4, 0.5) is 4.39 Å². The summed E-state index contributed by atoms with van der Waals surface area (Å²) in [6, 6.07) is 8.61. The molecule has 1 saturated carbocycles. The summed E-state index contributed by atoms with van der Waals surface area (Å²) in [7, 11) is 0. The Morgan fingerprint density at radius 2 is 1.78 bits per heavy atom. The normalized spacial score (nSPS) is 26.6. The van der Waals surface area contributed by atoms with E-state index in [4.69, 9.17) is 4.74 Å². The van der Waals surface area contributed by atoms with Gasteiger partial charge in [-0.05, 0) is 31.4 Å². The van der Waals surface area contributed by atoms with Crippen molar-refractivity contribution in [3.05, 3.63) is 35.9 Å². The smallest absolute Gasteiger partial charge is 0.314 e. The average Bonchev–Trinajstić information content (AvgIpc) is 2.59. The minimum absolute atomic E-state index is 0.147. The van der Waals surface area contributed by atoms with E-state index in [1.54, 1.807) is 30.3 Å². The number of esters is 1. The molecule has 124 valence electrons. The van der Waals surface area contributed by atoms with Crippen molar-refractivity contribution < 1.29 is 18.7 Å². The molecule has 1 spiro atoms. The van der Waals surface area contributed by atoms with E-state index in [1.165, 1.54) is 0 Å². The lowest BCUT2D eigenvalue weighted by Crippen LogP contribution is -2.51. The van der Waals surface area contributed by atoms with Crippen LogP contribution in [0.2, 0.25) is 0 Å². The number of rotatable bonds is 3. The van der Waals surface area contributed by atoms with Crippen LogP contribution in [0.25, 0.3) is 0 Å². The molecule has 1 atom stereocenters. The molecule has 1 aliphatic heterocycles. The molecular formula is C18H22FNO3. The van der Waals surface area contributed by atoms with Crippen molar-refractivity contribution in [1.29, 1.82) is 0 Å². The molecule has 1 amide bonds. The number of carbonyl (C=O) groups excluding carboxylic acids is 2. The van der Waals surface area contributed by atoms with Gasteiger partial charge in [-0.3, -0.25) is 9.59 Å². The zero-order valence-electron chi connectivity index (χ0n) is 13.1.